The molecule has 0 fully saturated rings. The number of benzene rings is 2. The topological polar surface area (TPSA) is 64.6 Å². The van der Waals surface area contributed by atoms with E-state index in [1.165, 1.54) is 26.4 Å². The molecule has 1 aliphatic heterocycles. The number of methoxy groups -OCH3 is 2. The van der Waals surface area contributed by atoms with E-state index in [-0.39, 0.29) is 30.4 Å². The van der Waals surface area contributed by atoms with Crippen LogP contribution in [-0.2, 0) is 15.8 Å². The third kappa shape index (κ3) is 4.09. The van der Waals surface area contributed by atoms with Gasteiger partial charge in [0.15, 0.2) is 17.3 Å². The largest absolute Gasteiger partial charge is 0.493 e. The minimum Gasteiger partial charge on any atom is -0.493 e. The average Bonchev–Trinajstić information content (AvgIpc) is 2.77. The van der Waals surface area contributed by atoms with Gasteiger partial charge in [-0.05, 0) is 47.7 Å². The van der Waals surface area contributed by atoms with Crippen LogP contribution in [0, 0.1) is 0 Å². The van der Waals surface area contributed by atoms with Gasteiger partial charge in [-0.25, -0.2) is 0 Å². The zero-order chi connectivity index (χ0) is 23.0. The van der Waals surface area contributed by atoms with Crippen LogP contribution >= 0.6 is 0 Å². The van der Waals surface area contributed by atoms with E-state index in [2.05, 4.69) is 5.32 Å². The van der Waals surface area contributed by atoms with E-state index in [0.717, 1.165) is 17.7 Å². The molecule has 5 nitrogen and oxygen atoms in total. The normalized spacial score (nSPS) is 21.2. The van der Waals surface area contributed by atoms with Crippen LogP contribution in [0.4, 0.5) is 13.2 Å². The van der Waals surface area contributed by atoms with Gasteiger partial charge in [-0.1, -0.05) is 18.2 Å². The van der Waals surface area contributed by atoms with Gasteiger partial charge in [-0.2, -0.15) is 13.2 Å². The van der Waals surface area contributed by atoms with Crippen LogP contribution < -0.4 is 14.8 Å². The highest BCUT2D eigenvalue weighted by Gasteiger charge is 2.39. The van der Waals surface area contributed by atoms with Crippen molar-refractivity contribution in [3.05, 3.63) is 70.4 Å². The summed E-state index contributed by atoms with van der Waals surface area (Å²) in [5, 5.41) is 2.82. The molecule has 1 amide bonds. The first-order chi connectivity index (χ1) is 15.2. The molecule has 2 atom stereocenters. The summed E-state index contributed by atoms with van der Waals surface area (Å²) in [6.45, 7) is 0. The van der Waals surface area contributed by atoms with Gasteiger partial charge in [0.05, 0.1) is 19.8 Å². The van der Waals surface area contributed by atoms with Crippen molar-refractivity contribution in [3.63, 3.8) is 0 Å². The quantitative estimate of drug-likeness (QED) is 0.739. The Morgan fingerprint density at radius 3 is 2.16 bits per heavy atom. The molecule has 2 aliphatic rings. The Balaban J connectivity index is 1.66. The van der Waals surface area contributed by atoms with Crippen molar-refractivity contribution in [2.75, 3.05) is 14.2 Å². The Morgan fingerprint density at radius 1 is 0.875 bits per heavy atom. The number of Topliss-reactive ketones (excluding diaryl/α,β-unsaturated/α-hetero) is 1. The maximum Gasteiger partial charge on any atom is 0.416 e. The molecule has 168 valence electrons. The Kier molecular flexibility index (Phi) is 5.71. The van der Waals surface area contributed by atoms with Gasteiger partial charge < -0.3 is 14.8 Å². The molecule has 32 heavy (non-hydrogen) atoms. The number of ketones is 1. The molecule has 0 saturated heterocycles. The van der Waals surface area contributed by atoms with E-state index in [1.54, 1.807) is 6.07 Å². The van der Waals surface area contributed by atoms with Crippen molar-refractivity contribution >= 4 is 11.7 Å². The molecule has 0 unspecified atom stereocenters. The van der Waals surface area contributed by atoms with Crippen LogP contribution in [0.25, 0.3) is 0 Å². The van der Waals surface area contributed by atoms with E-state index < -0.39 is 17.7 Å². The minimum atomic E-state index is -4.44. The Morgan fingerprint density at radius 2 is 1.53 bits per heavy atom. The number of alkyl halides is 3. The smallest absolute Gasteiger partial charge is 0.416 e. The summed E-state index contributed by atoms with van der Waals surface area (Å²) in [7, 11) is 3.07. The number of allylic oxidation sites excluding steroid dienone is 2. The lowest BCUT2D eigenvalue weighted by Gasteiger charge is -2.34. The molecule has 8 heteroatoms. The van der Waals surface area contributed by atoms with Crippen molar-refractivity contribution in [2.45, 2.75) is 37.3 Å². The molecule has 1 aliphatic carbocycles. The first-order valence-corrected chi connectivity index (χ1v) is 10.2. The van der Waals surface area contributed by atoms with Crippen molar-refractivity contribution in [1.29, 1.82) is 0 Å². The average molecular weight is 445 g/mol. The lowest BCUT2D eigenvalue weighted by Crippen LogP contribution is -2.38. The second-order valence-electron chi connectivity index (χ2n) is 7.96. The summed E-state index contributed by atoms with van der Waals surface area (Å²) < 4.78 is 49.4. The number of rotatable bonds is 4. The van der Waals surface area contributed by atoms with Gasteiger partial charge in [0, 0.05) is 30.0 Å². The maximum absolute atomic E-state index is 13.2. The molecule has 4 rings (SSSR count). The molecular formula is C24H22F3NO4. The van der Waals surface area contributed by atoms with E-state index >= 15 is 0 Å². The lowest BCUT2D eigenvalue weighted by atomic mass is 9.73. The summed E-state index contributed by atoms with van der Waals surface area (Å²) in [5.41, 5.74) is 1.68. The monoisotopic (exact) mass is 445 g/mol. The first-order valence-electron chi connectivity index (χ1n) is 10.2. The highest BCUT2D eigenvalue weighted by molar-refractivity contribution is 6.02. The minimum absolute atomic E-state index is 0.0248. The van der Waals surface area contributed by atoms with Crippen LogP contribution in [-0.4, -0.2) is 25.9 Å². The van der Waals surface area contributed by atoms with Crippen LogP contribution in [0.3, 0.4) is 0 Å². The molecule has 2 aromatic rings. The van der Waals surface area contributed by atoms with Crippen LogP contribution in [0.5, 0.6) is 11.5 Å². The number of halogens is 3. The van der Waals surface area contributed by atoms with E-state index in [9.17, 15) is 22.8 Å². The Bertz CT molecular complexity index is 1090. The second-order valence-corrected chi connectivity index (χ2v) is 7.96. The molecule has 2 aromatic carbocycles. The van der Waals surface area contributed by atoms with Gasteiger partial charge in [-0.15, -0.1) is 0 Å². The summed E-state index contributed by atoms with van der Waals surface area (Å²) in [4.78, 5) is 25.5. The fraction of sp³-hybridized carbons (Fsp3) is 0.333. The highest BCUT2D eigenvalue weighted by atomic mass is 19.4. The third-order valence-electron chi connectivity index (χ3n) is 6.06. The van der Waals surface area contributed by atoms with Gasteiger partial charge in [0.1, 0.15) is 0 Å². The van der Waals surface area contributed by atoms with E-state index in [0.29, 0.717) is 34.8 Å². The summed E-state index contributed by atoms with van der Waals surface area (Å²) in [6, 6.07) is 10.1. The van der Waals surface area contributed by atoms with Gasteiger partial charge in [0.25, 0.3) is 0 Å². The van der Waals surface area contributed by atoms with Crippen molar-refractivity contribution in [1.82, 2.24) is 5.32 Å². The predicted molar refractivity (Wildman–Crippen MR) is 110 cm³/mol. The van der Waals surface area contributed by atoms with E-state index in [4.69, 9.17) is 9.47 Å². The summed E-state index contributed by atoms with van der Waals surface area (Å²) >= 11 is 0. The number of hydrogen-bond donors (Lipinski definition) is 1. The van der Waals surface area contributed by atoms with Crippen LogP contribution in [0.1, 0.15) is 47.8 Å². The molecule has 1 N–H and O–H groups in total. The zero-order valence-electron chi connectivity index (χ0n) is 17.6. The van der Waals surface area contributed by atoms with E-state index in [1.807, 2.05) is 12.1 Å². The molecule has 1 heterocycles. The Hall–Kier alpha value is -3.29. The van der Waals surface area contributed by atoms with Crippen molar-refractivity contribution < 1.29 is 32.2 Å². The molecule has 0 saturated carbocycles. The van der Waals surface area contributed by atoms with Gasteiger partial charge in [-0.3, -0.25) is 9.59 Å². The molecule has 0 spiro atoms. The summed E-state index contributed by atoms with van der Waals surface area (Å²) in [6.07, 6.45) is -3.74. The number of hydrogen-bond acceptors (Lipinski definition) is 4. The van der Waals surface area contributed by atoms with Gasteiger partial charge in [0.2, 0.25) is 5.91 Å². The fourth-order valence-electron chi connectivity index (χ4n) is 4.49. The van der Waals surface area contributed by atoms with Crippen molar-refractivity contribution in [3.8, 4) is 11.5 Å². The van der Waals surface area contributed by atoms with Crippen LogP contribution in [0.15, 0.2) is 53.7 Å². The van der Waals surface area contributed by atoms with Gasteiger partial charge >= 0.3 is 6.18 Å². The second kappa shape index (κ2) is 8.33. The van der Waals surface area contributed by atoms with Crippen molar-refractivity contribution in [2.24, 2.45) is 0 Å². The number of nitrogens with one attached hydrogen (secondary N) is 1. The standard InChI is InChI=1S/C24H22F3NO4/c1-31-20-8-5-14(11-21(20)32-2)15-9-18-23(19(29)10-15)17(12-22(30)28-18)13-3-6-16(7-4-13)24(25,26)27/h3-8,11,15,17H,9-10,12H2,1-2H3,(H,28,30)/t15-,17+/m0/s1. The molecular weight excluding hydrogens is 423 g/mol. The zero-order valence-corrected chi connectivity index (χ0v) is 17.6. The Labute approximate surface area is 183 Å². The fourth-order valence-corrected chi connectivity index (χ4v) is 4.49. The first kappa shape index (κ1) is 21.9. The predicted octanol–water partition coefficient (Wildman–Crippen LogP) is 4.73. The third-order valence-corrected chi connectivity index (χ3v) is 6.06. The lowest BCUT2D eigenvalue weighted by molar-refractivity contribution is -0.137. The SMILES string of the molecule is COc1ccc([C@@H]2CC(=O)C3=C(C2)NC(=O)C[C@@H]3c2ccc(C(F)(F)F)cc2)cc1OC. The highest BCUT2D eigenvalue weighted by Crippen LogP contribution is 2.44. The molecule has 0 radical (unpaired) electrons. The number of ether oxygens (including phenoxy) is 2. The number of amides is 1. The summed E-state index contributed by atoms with van der Waals surface area (Å²) in [5.74, 6) is 0.0390. The number of carbonyl (C=O) groups is 2. The number of carbonyl (C=O) groups excluding carboxylic acids is 2. The molecule has 0 bridgehead atoms. The molecule has 0 aromatic heterocycles. The van der Waals surface area contributed by atoms with Crippen LogP contribution in [0.2, 0.25) is 0 Å². The maximum atomic E-state index is 13.2.